The third-order valence-electron chi connectivity index (χ3n) is 4.92. The van der Waals surface area contributed by atoms with Gasteiger partial charge in [0.1, 0.15) is 12.1 Å². The molecule has 1 aromatic heterocycles. The molecule has 3 heterocycles. The first kappa shape index (κ1) is 18.8. The first-order valence-corrected chi connectivity index (χ1v) is 9.51. The minimum Gasteiger partial charge on any atom is -0.404 e. The molecule has 2 aliphatic rings. The minimum absolute atomic E-state index is 0.140. The Labute approximate surface area is 153 Å². The van der Waals surface area contributed by atoms with Crippen molar-refractivity contribution in [2.75, 3.05) is 19.8 Å². The standard InChI is InChI=1S/C19H28N4O3/c1-2-15(21-18-5-3-4-8-26-18)14(12-20)19-22-16(11-17(24)23-19)13-6-9-25-10-7-13/h11-13,18H,2-10,20H2,1H3,(H,22,23,24). The van der Waals surface area contributed by atoms with Crippen LogP contribution in [0.4, 0.5) is 0 Å². The molecule has 1 atom stereocenters. The van der Waals surface area contributed by atoms with E-state index in [1.54, 1.807) is 6.07 Å². The zero-order chi connectivity index (χ0) is 18.4. The maximum atomic E-state index is 12.2. The Morgan fingerprint density at radius 2 is 2.15 bits per heavy atom. The highest BCUT2D eigenvalue weighted by Crippen LogP contribution is 2.26. The fourth-order valence-electron chi connectivity index (χ4n) is 3.47. The Bertz CT molecular complexity index is 714. The molecule has 26 heavy (non-hydrogen) atoms. The van der Waals surface area contributed by atoms with Crippen LogP contribution in [0.25, 0.3) is 5.57 Å². The molecular formula is C19H28N4O3. The molecule has 0 bridgehead atoms. The number of nitrogens with one attached hydrogen (secondary N) is 1. The van der Waals surface area contributed by atoms with Gasteiger partial charge >= 0.3 is 0 Å². The molecule has 142 valence electrons. The van der Waals surface area contributed by atoms with Crippen LogP contribution in [0.3, 0.4) is 0 Å². The van der Waals surface area contributed by atoms with E-state index < -0.39 is 0 Å². The predicted octanol–water partition coefficient (Wildman–Crippen LogP) is 2.34. The lowest BCUT2D eigenvalue weighted by Crippen LogP contribution is -2.22. The van der Waals surface area contributed by atoms with Crippen molar-refractivity contribution in [1.29, 1.82) is 0 Å². The van der Waals surface area contributed by atoms with Crippen LogP contribution >= 0.6 is 0 Å². The Morgan fingerprint density at radius 3 is 2.81 bits per heavy atom. The highest BCUT2D eigenvalue weighted by molar-refractivity contribution is 6.22. The van der Waals surface area contributed by atoms with Gasteiger partial charge in [-0.2, -0.15) is 0 Å². The van der Waals surface area contributed by atoms with Crippen LogP contribution in [0, 0.1) is 0 Å². The summed E-state index contributed by atoms with van der Waals surface area (Å²) in [7, 11) is 0. The van der Waals surface area contributed by atoms with Crippen molar-refractivity contribution >= 4 is 11.3 Å². The van der Waals surface area contributed by atoms with Crippen LogP contribution in [0.5, 0.6) is 0 Å². The van der Waals surface area contributed by atoms with Gasteiger partial charge < -0.3 is 20.2 Å². The molecule has 0 spiro atoms. The van der Waals surface area contributed by atoms with Gasteiger partial charge in [-0.1, -0.05) is 6.92 Å². The summed E-state index contributed by atoms with van der Waals surface area (Å²) in [6, 6.07) is 1.58. The van der Waals surface area contributed by atoms with Crippen molar-refractivity contribution < 1.29 is 9.47 Å². The summed E-state index contributed by atoms with van der Waals surface area (Å²) < 4.78 is 11.1. The van der Waals surface area contributed by atoms with Crippen molar-refractivity contribution in [2.45, 2.75) is 57.6 Å². The van der Waals surface area contributed by atoms with Gasteiger partial charge in [-0.15, -0.1) is 0 Å². The molecule has 7 nitrogen and oxygen atoms in total. The van der Waals surface area contributed by atoms with Gasteiger partial charge in [-0.25, -0.2) is 4.98 Å². The molecule has 3 rings (SSSR count). The average Bonchev–Trinajstić information content (AvgIpc) is 2.69. The van der Waals surface area contributed by atoms with E-state index in [0.717, 1.165) is 50.1 Å². The molecule has 1 aromatic rings. The number of aliphatic imine (C=N–C) groups is 1. The van der Waals surface area contributed by atoms with Gasteiger partial charge in [0.05, 0.1) is 17.0 Å². The van der Waals surface area contributed by atoms with E-state index in [9.17, 15) is 4.79 Å². The summed E-state index contributed by atoms with van der Waals surface area (Å²) in [5, 5.41) is 0. The van der Waals surface area contributed by atoms with E-state index in [0.29, 0.717) is 31.0 Å². The minimum atomic E-state index is -0.166. The molecule has 0 radical (unpaired) electrons. The summed E-state index contributed by atoms with van der Waals surface area (Å²) in [5.74, 6) is 0.727. The third kappa shape index (κ3) is 4.59. The van der Waals surface area contributed by atoms with Crippen molar-refractivity contribution in [3.8, 4) is 0 Å². The Kier molecular flexibility index (Phi) is 6.57. The average molecular weight is 360 g/mol. The summed E-state index contributed by atoms with van der Waals surface area (Å²) in [4.78, 5) is 24.5. The van der Waals surface area contributed by atoms with Gasteiger partial charge in [-0.05, 0) is 38.5 Å². The molecule has 2 fully saturated rings. The van der Waals surface area contributed by atoms with Crippen molar-refractivity contribution in [3.63, 3.8) is 0 Å². The number of rotatable bonds is 5. The molecule has 0 amide bonds. The van der Waals surface area contributed by atoms with E-state index in [1.165, 1.54) is 6.20 Å². The normalized spacial score (nSPS) is 23.2. The molecule has 7 heteroatoms. The monoisotopic (exact) mass is 360 g/mol. The van der Waals surface area contributed by atoms with Crippen LogP contribution in [0.15, 0.2) is 22.1 Å². The number of hydrogen-bond donors (Lipinski definition) is 2. The van der Waals surface area contributed by atoms with E-state index in [2.05, 4.69) is 4.98 Å². The maximum Gasteiger partial charge on any atom is 0.251 e. The Hall–Kier alpha value is -1.99. The molecule has 2 saturated heterocycles. The molecule has 0 aliphatic carbocycles. The van der Waals surface area contributed by atoms with Gasteiger partial charge in [0.25, 0.3) is 5.56 Å². The van der Waals surface area contributed by atoms with Crippen LogP contribution in [-0.4, -0.2) is 41.7 Å². The van der Waals surface area contributed by atoms with Crippen molar-refractivity contribution in [3.05, 3.63) is 34.1 Å². The fraction of sp³-hybridized carbons (Fsp3) is 0.632. The third-order valence-corrected chi connectivity index (χ3v) is 4.92. The quantitative estimate of drug-likeness (QED) is 0.785. The number of nitrogens with two attached hydrogens (primary N) is 1. The molecule has 2 aliphatic heterocycles. The summed E-state index contributed by atoms with van der Waals surface area (Å²) in [6.45, 7) is 4.16. The second-order valence-corrected chi connectivity index (χ2v) is 6.74. The topological polar surface area (TPSA) is 103 Å². The van der Waals surface area contributed by atoms with E-state index in [1.807, 2.05) is 6.92 Å². The first-order chi connectivity index (χ1) is 12.7. The second-order valence-electron chi connectivity index (χ2n) is 6.74. The number of H-pyrrole nitrogens is 1. The van der Waals surface area contributed by atoms with Gasteiger partial charge in [-0.3, -0.25) is 9.79 Å². The smallest absolute Gasteiger partial charge is 0.251 e. The maximum absolute atomic E-state index is 12.2. The number of aromatic amines is 1. The van der Waals surface area contributed by atoms with Gasteiger partial charge in [0.15, 0.2) is 0 Å². The number of aromatic nitrogens is 2. The van der Waals surface area contributed by atoms with Crippen LogP contribution in [-0.2, 0) is 9.47 Å². The summed E-state index contributed by atoms with van der Waals surface area (Å²) >= 11 is 0. The number of ether oxygens (including phenoxy) is 2. The molecular weight excluding hydrogens is 332 g/mol. The van der Waals surface area contributed by atoms with Gasteiger partial charge in [0.2, 0.25) is 0 Å². The number of nitrogens with zero attached hydrogens (tertiary/aromatic N) is 2. The van der Waals surface area contributed by atoms with Crippen LogP contribution in [0.1, 0.15) is 62.9 Å². The lowest BCUT2D eigenvalue weighted by molar-refractivity contribution is 0.0223. The largest absolute Gasteiger partial charge is 0.404 e. The summed E-state index contributed by atoms with van der Waals surface area (Å²) in [5.41, 5.74) is 8.02. The molecule has 1 unspecified atom stereocenters. The van der Waals surface area contributed by atoms with Gasteiger partial charge in [0, 0.05) is 38.0 Å². The molecule has 0 saturated carbocycles. The summed E-state index contributed by atoms with van der Waals surface area (Å²) in [6.07, 6.45) is 6.89. The zero-order valence-electron chi connectivity index (χ0n) is 15.4. The number of allylic oxidation sites excluding steroid dienone is 1. The zero-order valence-corrected chi connectivity index (χ0v) is 15.4. The molecule has 0 aromatic carbocycles. The van der Waals surface area contributed by atoms with Crippen LogP contribution in [0.2, 0.25) is 0 Å². The van der Waals surface area contributed by atoms with Crippen molar-refractivity contribution in [2.24, 2.45) is 10.7 Å². The predicted molar refractivity (Wildman–Crippen MR) is 101 cm³/mol. The van der Waals surface area contributed by atoms with E-state index >= 15 is 0 Å². The highest BCUT2D eigenvalue weighted by atomic mass is 16.5. The van der Waals surface area contributed by atoms with Crippen LogP contribution < -0.4 is 11.3 Å². The lowest BCUT2D eigenvalue weighted by atomic mass is 9.96. The first-order valence-electron chi connectivity index (χ1n) is 9.51. The van der Waals surface area contributed by atoms with E-state index in [-0.39, 0.29) is 17.7 Å². The lowest BCUT2D eigenvalue weighted by Gasteiger charge is -2.22. The Balaban J connectivity index is 1.90. The second kappa shape index (κ2) is 9.09. The van der Waals surface area contributed by atoms with Crippen molar-refractivity contribution in [1.82, 2.24) is 9.97 Å². The fourth-order valence-corrected chi connectivity index (χ4v) is 3.47. The Morgan fingerprint density at radius 1 is 1.35 bits per heavy atom. The highest BCUT2D eigenvalue weighted by Gasteiger charge is 2.21. The molecule has 3 N–H and O–H groups in total. The van der Waals surface area contributed by atoms with E-state index in [4.69, 9.17) is 25.2 Å². The number of hydrogen-bond acceptors (Lipinski definition) is 6. The SMILES string of the molecule is CCC(=NC1CCCCO1)C(=CN)c1nc(C2CCOCC2)cc(=O)[nH]1.